The van der Waals surface area contributed by atoms with Crippen LogP contribution in [-0.2, 0) is 9.53 Å². The summed E-state index contributed by atoms with van der Waals surface area (Å²) in [6, 6.07) is 5.91. The molecule has 0 radical (unpaired) electrons. The molecule has 0 bridgehead atoms. The number of nitrogens with one attached hydrogen (secondary N) is 1. The number of rotatable bonds is 4. The maximum Gasteiger partial charge on any atom is 0.264 e. The fraction of sp³-hybridized carbons (Fsp3) is 0.529. The number of benzene rings is 1. The second-order valence-electron chi connectivity index (χ2n) is 5.91. The van der Waals surface area contributed by atoms with Crippen molar-refractivity contribution in [2.24, 2.45) is 0 Å². The molecule has 0 atom stereocenters. The SMILES string of the molecule is Cc1cc(OCC(=O)NC(=S)N2CCOCC2)ccc1C(C)C. The molecule has 0 saturated carbocycles. The van der Waals surface area contributed by atoms with Crippen LogP contribution in [0.25, 0.3) is 0 Å². The molecule has 1 N–H and O–H groups in total. The molecule has 1 aromatic carbocycles. The van der Waals surface area contributed by atoms with Gasteiger partial charge < -0.3 is 19.7 Å². The topological polar surface area (TPSA) is 50.8 Å². The number of morpholine rings is 1. The van der Waals surface area contributed by atoms with Gasteiger partial charge in [-0.05, 0) is 48.3 Å². The minimum Gasteiger partial charge on any atom is -0.484 e. The zero-order chi connectivity index (χ0) is 16.8. The first kappa shape index (κ1) is 17.7. The zero-order valence-electron chi connectivity index (χ0n) is 13.9. The molecule has 1 aliphatic heterocycles. The molecule has 1 aromatic rings. The van der Waals surface area contributed by atoms with Crippen LogP contribution in [0.15, 0.2) is 18.2 Å². The third-order valence-electron chi connectivity index (χ3n) is 3.78. The van der Waals surface area contributed by atoms with E-state index in [-0.39, 0.29) is 12.5 Å². The van der Waals surface area contributed by atoms with Crippen LogP contribution >= 0.6 is 12.2 Å². The van der Waals surface area contributed by atoms with Crippen molar-refractivity contribution >= 4 is 23.2 Å². The van der Waals surface area contributed by atoms with Crippen molar-refractivity contribution in [3.63, 3.8) is 0 Å². The van der Waals surface area contributed by atoms with Gasteiger partial charge in [-0.3, -0.25) is 4.79 Å². The Morgan fingerprint density at radius 1 is 1.39 bits per heavy atom. The van der Waals surface area contributed by atoms with E-state index >= 15 is 0 Å². The number of aryl methyl sites for hydroxylation is 1. The van der Waals surface area contributed by atoms with Crippen LogP contribution in [0.3, 0.4) is 0 Å². The third-order valence-corrected chi connectivity index (χ3v) is 4.14. The van der Waals surface area contributed by atoms with Crippen LogP contribution in [0.4, 0.5) is 0 Å². The van der Waals surface area contributed by atoms with Gasteiger partial charge in [0.2, 0.25) is 0 Å². The van der Waals surface area contributed by atoms with E-state index in [1.807, 2.05) is 23.1 Å². The molecular formula is C17H24N2O3S. The lowest BCUT2D eigenvalue weighted by Gasteiger charge is -2.28. The van der Waals surface area contributed by atoms with Gasteiger partial charge in [-0.15, -0.1) is 0 Å². The highest BCUT2D eigenvalue weighted by Crippen LogP contribution is 2.23. The highest BCUT2D eigenvalue weighted by atomic mass is 32.1. The van der Waals surface area contributed by atoms with E-state index in [0.717, 1.165) is 0 Å². The first-order valence-electron chi connectivity index (χ1n) is 7.87. The Morgan fingerprint density at radius 2 is 2.09 bits per heavy atom. The average molecular weight is 336 g/mol. The van der Waals surface area contributed by atoms with Crippen molar-refractivity contribution in [3.8, 4) is 5.75 Å². The second-order valence-corrected chi connectivity index (χ2v) is 6.30. The fourth-order valence-corrected chi connectivity index (χ4v) is 2.83. The normalized spacial score (nSPS) is 14.7. The molecule has 126 valence electrons. The maximum absolute atomic E-state index is 11.9. The standard InChI is InChI=1S/C17H24N2O3S/c1-12(2)15-5-4-14(10-13(15)3)22-11-16(20)18-17(23)19-6-8-21-9-7-19/h4-5,10,12H,6-9,11H2,1-3H3,(H,18,20,23). The van der Waals surface area contributed by atoms with Gasteiger partial charge in [0.25, 0.3) is 5.91 Å². The number of ether oxygens (including phenoxy) is 2. The van der Waals surface area contributed by atoms with Gasteiger partial charge in [-0.1, -0.05) is 19.9 Å². The van der Waals surface area contributed by atoms with Gasteiger partial charge in [-0.25, -0.2) is 0 Å². The average Bonchev–Trinajstić information content (AvgIpc) is 2.53. The molecule has 23 heavy (non-hydrogen) atoms. The van der Waals surface area contributed by atoms with Gasteiger partial charge >= 0.3 is 0 Å². The summed E-state index contributed by atoms with van der Waals surface area (Å²) in [7, 11) is 0. The Hall–Kier alpha value is -1.66. The molecule has 0 unspecified atom stereocenters. The van der Waals surface area contributed by atoms with E-state index in [4.69, 9.17) is 21.7 Å². The van der Waals surface area contributed by atoms with Gasteiger partial charge in [-0.2, -0.15) is 0 Å². The number of carbonyl (C=O) groups excluding carboxylic acids is 1. The van der Waals surface area contributed by atoms with Crippen LogP contribution in [0.5, 0.6) is 5.75 Å². The Labute approximate surface area is 142 Å². The van der Waals surface area contributed by atoms with E-state index < -0.39 is 0 Å². The van der Waals surface area contributed by atoms with Crippen molar-refractivity contribution in [1.82, 2.24) is 10.2 Å². The Kier molecular flexibility index (Phi) is 6.36. The van der Waals surface area contributed by atoms with E-state index in [1.165, 1.54) is 11.1 Å². The summed E-state index contributed by atoms with van der Waals surface area (Å²) < 4.78 is 10.8. The third kappa shape index (κ3) is 5.18. The van der Waals surface area contributed by atoms with Gasteiger partial charge in [0, 0.05) is 13.1 Å². The minimum absolute atomic E-state index is 0.0506. The van der Waals surface area contributed by atoms with Crippen molar-refractivity contribution in [3.05, 3.63) is 29.3 Å². The van der Waals surface area contributed by atoms with Crippen LogP contribution in [0.1, 0.15) is 30.9 Å². The van der Waals surface area contributed by atoms with E-state index in [9.17, 15) is 4.79 Å². The van der Waals surface area contributed by atoms with Gasteiger partial charge in [0.1, 0.15) is 5.75 Å². The van der Waals surface area contributed by atoms with E-state index in [0.29, 0.717) is 43.1 Å². The predicted molar refractivity (Wildman–Crippen MR) is 93.9 cm³/mol. The molecule has 1 fully saturated rings. The van der Waals surface area contributed by atoms with Gasteiger partial charge in [0.05, 0.1) is 13.2 Å². The molecule has 0 aliphatic carbocycles. The highest BCUT2D eigenvalue weighted by Gasteiger charge is 2.16. The largest absolute Gasteiger partial charge is 0.484 e. The van der Waals surface area contributed by atoms with Crippen molar-refractivity contribution in [2.45, 2.75) is 26.7 Å². The first-order valence-corrected chi connectivity index (χ1v) is 8.28. The summed E-state index contributed by atoms with van der Waals surface area (Å²) in [5, 5.41) is 3.14. The number of thiocarbonyl (C=S) groups is 1. The second kappa shape index (κ2) is 8.26. The fourth-order valence-electron chi connectivity index (χ4n) is 2.54. The molecule has 2 rings (SSSR count). The number of carbonyl (C=O) groups is 1. The molecule has 1 heterocycles. The molecule has 1 amide bonds. The molecule has 5 nitrogen and oxygen atoms in total. The maximum atomic E-state index is 11.9. The van der Waals surface area contributed by atoms with Crippen molar-refractivity contribution in [1.29, 1.82) is 0 Å². The lowest BCUT2D eigenvalue weighted by molar-refractivity contribution is -0.121. The van der Waals surface area contributed by atoms with E-state index in [2.05, 4.69) is 26.1 Å². The summed E-state index contributed by atoms with van der Waals surface area (Å²) in [4.78, 5) is 13.9. The number of hydrogen-bond acceptors (Lipinski definition) is 4. The Morgan fingerprint density at radius 3 is 2.70 bits per heavy atom. The lowest BCUT2D eigenvalue weighted by atomic mass is 9.98. The first-order chi connectivity index (χ1) is 11.0. The van der Waals surface area contributed by atoms with E-state index in [1.54, 1.807) is 0 Å². The Balaban J connectivity index is 1.82. The van der Waals surface area contributed by atoms with Crippen molar-refractivity contribution < 1.29 is 14.3 Å². The summed E-state index contributed by atoms with van der Waals surface area (Å²) in [5.41, 5.74) is 2.46. The Bertz CT molecular complexity index is 569. The zero-order valence-corrected chi connectivity index (χ0v) is 14.7. The summed E-state index contributed by atoms with van der Waals surface area (Å²) in [5.74, 6) is 0.921. The summed E-state index contributed by atoms with van der Waals surface area (Å²) in [6.45, 7) is 8.99. The molecule has 0 aromatic heterocycles. The minimum atomic E-state index is -0.243. The van der Waals surface area contributed by atoms with Crippen LogP contribution in [0.2, 0.25) is 0 Å². The summed E-state index contributed by atoms with van der Waals surface area (Å²) >= 11 is 5.23. The molecule has 0 spiro atoms. The van der Waals surface area contributed by atoms with Crippen molar-refractivity contribution in [2.75, 3.05) is 32.9 Å². The lowest BCUT2D eigenvalue weighted by Crippen LogP contribution is -2.48. The van der Waals surface area contributed by atoms with Crippen LogP contribution in [0, 0.1) is 6.92 Å². The monoisotopic (exact) mass is 336 g/mol. The molecular weight excluding hydrogens is 312 g/mol. The molecule has 6 heteroatoms. The summed E-state index contributed by atoms with van der Waals surface area (Å²) in [6.07, 6.45) is 0. The molecule has 1 saturated heterocycles. The quantitative estimate of drug-likeness (QED) is 0.855. The van der Waals surface area contributed by atoms with Crippen LogP contribution < -0.4 is 10.1 Å². The highest BCUT2D eigenvalue weighted by molar-refractivity contribution is 7.80. The predicted octanol–water partition coefficient (Wildman–Crippen LogP) is 2.23. The van der Waals surface area contributed by atoms with Crippen LogP contribution in [-0.4, -0.2) is 48.8 Å². The number of nitrogens with zero attached hydrogens (tertiary/aromatic N) is 1. The van der Waals surface area contributed by atoms with Gasteiger partial charge in [0.15, 0.2) is 11.7 Å². The smallest absolute Gasteiger partial charge is 0.264 e. The molecule has 1 aliphatic rings. The number of amides is 1. The number of hydrogen-bond donors (Lipinski definition) is 1.